The fourth-order valence-electron chi connectivity index (χ4n) is 1.47. The van der Waals surface area contributed by atoms with E-state index in [4.69, 9.17) is 4.52 Å². The number of hydrogen-bond donors (Lipinski definition) is 3. The Balaban J connectivity index is 1.72. The Labute approximate surface area is 108 Å². The zero-order valence-electron chi connectivity index (χ0n) is 9.86. The molecule has 0 spiro atoms. The molecule has 1 aromatic rings. The van der Waals surface area contributed by atoms with Gasteiger partial charge in [-0.05, 0) is 6.92 Å². The van der Waals surface area contributed by atoms with Gasteiger partial charge in [0.25, 0.3) is 0 Å². The number of nitrogens with zero attached hydrogens (tertiary/aromatic N) is 1. The number of aromatic nitrogens is 1. The molecule has 2 rings (SSSR count). The maximum absolute atomic E-state index is 11.6. The van der Waals surface area contributed by atoms with Crippen molar-refractivity contribution < 1.29 is 14.1 Å². The number of thioether (sulfide) groups is 1. The molecule has 1 unspecified atom stereocenters. The largest absolute Gasteiger partial charge is 0.360 e. The molecule has 8 heteroatoms. The minimum atomic E-state index is -0.331. The summed E-state index contributed by atoms with van der Waals surface area (Å²) in [6.07, 6.45) is 0. The lowest BCUT2D eigenvalue weighted by atomic mass is 10.3. The van der Waals surface area contributed by atoms with E-state index in [1.54, 1.807) is 24.8 Å². The number of rotatable bonds is 4. The molecule has 2 amide bonds. The SMILES string of the molecule is Cc1cc(NC(=O)CNC(=O)C2CSCN2)no1. The van der Waals surface area contributed by atoms with Crippen LogP contribution in [0.15, 0.2) is 10.6 Å². The summed E-state index contributed by atoms with van der Waals surface area (Å²) in [6.45, 7) is 1.65. The zero-order valence-corrected chi connectivity index (χ0v) is 10.7. The highest BCUT2D eigenvalue weighted by molar-refractivity contribution is 7.99. The molecule has 98 valence electrons. The Morgan fingerprint density at radius 3 is 3.11 bits per heavy atom. The van der Waals surface area contributed by atoms with Crippen LogP contribution in [0.2, 0.25) is 0 Å². The predicted octanol–water partition coefficient (Wildman–Crippen LogP) is -0.300. The van der Waals surface area contributed by atoms with Crippen LogP contribution in [-0.2, 0) is 9.59 Å². The van der Waals surface area contributed by atoms with Crippen LogP contribution in [0.1, 0.15) is 5.76 Å². The molecule has 18 heavy (non-hydrogen) atoms. The molecule has 0 saturated carbocycles. The highest BCUT2D eigenvalue weighted by Crippen LogP contribution is 2.09. The van der Waals surface area contributed by atoms with E-state index in [0.717, 1.165) is 11.6 Å². The topological polar surface area (TPSA) is 96.3 Å². The quantitative estimate of drug-likeness (QED) is 0.695. The van der Waals surface area contributed by atoms with Gasteiger partial charge in [0.2, 0.25) is 11.8 Å². The average Bonchev–Trinajstić information content (AvgIpc) is 2.97. The van der Waals surface area contributed by atoms with Crippen LogP contribution in [-0.4, -0.2) is 41.2 Å². The Morgan fingerprint density at radius 2 is 2.50 bits per heavy atom. The van der Waals surface area contributed by atoms with E-state index in [2.05, 4.69) is 21.1 Å². The monoisotopic (exact) mass is 270 g/mol. The molecule has 1 saturated heterocycles. The third-order valence-electron chi connectivity index (χ3n) is 2.35. The van der Waals surface area contributed by atoms with Crippen molar-refractivity contribution in [3.63, 3.8) is 0 Å². The van der Waals surface area contributed by atoms with Crippen LogP contribution >= 0.6 is 11.8 Å². The summed E-state index contributed by atoms with van der Waals surface area (Å²) < 4.78 is 4.81. The van der Waals surface area contributed by atoms with E-state index in [1.165, 1.54) is 0 Å². The van der Waals surface area contributed by atoms with Crippen LogP contribution in [0, 0.1) is 6.92 Å². The summed E-state index contributed by atoms with van der Waals surface area (Å²) >= 11 is 1.66. The van der Waals surface area contributed by atoms with Gasteiger partial charge in [0, 0.05) is 17.7 Å². The molecule has 3 N–H and O–H groups in total. The van der Waals surface area contributed by atoms with Crippen LogP contribution in [0.4, 0.5) is 5.82 Å². The van der Waals surface area contributed by atoms with Crippen molar-refractivity contribution >= 4 is 29.4 Å². The summed E-state index contributed by atoms with van der Waals surface area (Å²) in [5.41, 5.74) is 0. The number of carbonyl (C=O) groups is 2. The first-order valence-electron chi connectivity index (χ1n) is 5.47. The van der Waals surface area contributed by atoms with Gasteiger partial charge in [-0.1, -0.05) is 5.16 Å². The van der Waals surface area contributed by atoms with E-state index < -0.39 is 0 Å². The summed E-state index contributed by atoms with van der Waals surface area (Å²) in [5.74, 6) is 1.97. The number of anilines is 1. The van der Waals surface area contributed by atoms with Gasteiger partial charge in [0.15, 0.2) is 5.82 Å². The Bertz CT molecular complexity index is 442. The molecular formula is C10H14N4O3S. The number of nitrogens with one attached hydrogen (secondary N) is 3. The van der Waals surface area contributed by atoms with E-state index >= 15 is 0 Å². The van der Waals surface area contributed by atoms with Crippen molar-refractivity contribution in [2.24, 2.45) is 0 Å². The third kappa shape index (κ3) is 3.47. The maximum atomic E-state index is 11.6. The summed E-state index contributed by atoms with van der Waals surface area (Å²) in [5, 5.41) is 11.7. The molecule has 1 aliphatic heterocycles. The van der Waals surface area contributed by atoms with Gasteiger partial charge in [-0.3, -0.25) is 14.9 Å². The highest BCUT2D eigenvalue weighted by Gasteiger charge is 2.22. The van der Waals surface area contributed by atoms with Gasteiger partial charge in [-0.25, -0.2) is 0 Å². The maximum Gasteiger partial charge on any atom is 0.245 e. The number of amides is 2. The van der Waals surface area contributed by atoms with Gasteiger partial charge in [-0.2, -0.15) is 0 Å². The molecule has 1 aliphatic rings. The third-order valence-corrected chi connectivity index (χ3v) is 3.29. The van der Waals surface area contributed by atoms with Crippen LogP contribution in [0.25, 0.3) is 0 Å². The zero-order chi connectivity index (χ0) is 13.0. The summed E-state index contributed by atoms with van der Waals surface area (Å²) in [7, 11) is 0. The van der Waals surface area contributed by atoms with Crippen molar-refractivity contribution in [2.45, 2.75) is 13.0 Å². The molecule has 0 radical (unpaired) electrons. The molecule has 1 fully saturated rings. The summed E-state index contributed by atoms with van der Waals surface area (Å²) in [4.78, 5) is 23.1. The lowest BCUT2D eigenvalue weighted by molar-refractivity contribution is -0.125. The molecule has 7 nitrogen and oxygen atoms in total. The van der Waals surface area contributed by atoms with Crippen molar-refractivity contribution in [1.29, 1.82) is 0 Å². The molecule has 1 atom stereocenters. The number of hydrogen-bond acceptors (Lipinski definition) is 6. The minimum Gasteiger partial charge on any atom is -0.360 e. The first kappa shape index (κ1) is 12.9. The first-order valence-corrected chi connectivity index (χ1v) is 6.62. The molecule has 0 bridgehead atoms. The average molecular weight is 270 g/mol. The Kier molecular flexibility index (Phi) is 4.21. The van der Waals surface area contributed by atoms with Crippen LogP contribution < -0.4 is 16.0 Å². The lowest BCUT2D eigenvalue weighted by Gasteiger charge is -2.09. The second kappa shape index (κ2) is 5.87. The molecule has 0 aromatic carbocycles. The van der Waals surface area contributed by atoms with Gasteiger partial charge >= 0.3 is 0 Å². The fourth-order valence-corrected chi connectivity index (χ4v) is 2.41. The number of aryl methyl sites for hydroxylation is 1. The summed E-state index contributed by atoms with van der Waals surface area (Å²) in [6, 6.07) is 1.40. The van der Waals surface area contributed by atoms with Crippen LogP contribution in [0.3, 0.4) is 0 Å². The van der Waals surface area contributed by atoms with Gasteiger partial charge in [-0.15, -0.1) is 11.8 Å². The fraction of sp³-hybridized carbons (Fsp3) is 0.500. The predicted molar refractivity (Wildman–Crippen MR) is 67.1 cm³/mol. The van der Waals surface area contributed by atoms with Crippen molar-refractivity contribution in [3.05, 3.63) is 11.8 Å². The lowest BCUT2D eigenvalue weighted by Crippen LogP contribution is -2.44. The van der Waals surface area contributed by atoms with Crippen molar-refractivity contribution in [3.8, 4) is 0 Å². The van der Waals surface area contributed by atoms with Crippen LogP contribution in [0.5, 0.6) is 0 Å². The number of carbonyl (C=O) groups excluding carboxylic acids is 2. The van der Waals surface area contributed by atoms with Gasteiger partial charge in [0.1, 0.15) is 5.76 Å². The van der Waals surface area contributed by atoms with E-state index in [0.29, 0.717) is 11.6 Å². The van der Waals surface area contributed by atoms with E-state index in [-0.39, 0.29) is 24.4 Å². The van der Waals surface area contributed by atoms with Crippen molar-refractivity contribution in [2.75, 3.05) is 23.5 Å². The molecular weight excluding hydrogens is 256 g/mol. The van der Waals surface area contributed by atoms with Gasteiger partial charge < -0.3 is 15.2 Å². The van der Waals surface area contributed by atoms with Gasteiger partial charge in [0.05, 0.1) is 12.6 Å². The Hall–Kier alpha value is -1.54. The second-order valence-corrected chi connectivity index (χ2v) is 4.89. The standard InChI is InChI=1S/C10H14N4O3S/c1-6-2-8(14-17-6)13-9(15)3-11-10(16)7-4-18-5-12-7/h2,7,12H,3-5H2,1H3,(H,11,16)(H,13,14,15). The molecule has 2 heterocycles. The second-order valence-electron chi connectivity index (χ2n) is 3.86. The van der Waals surface area contributed by atoms with E-state index in [9.17, 15) is 9.59 Å². The van der Waals surface area contributed by atoms with E-state index in [1.807, 2.05) is 0 Å². The molecule has 1 aromatic heterocycles. The van der Waals surface area contributed by atoms with Crippen molar-refractivity contribution in [1.82, 2.24) is 15.8 Å². The Morgan fingerprint density at radius 1 is 1.67 bits per heavy atom. The normalized spacial score (nSPS) is 18.6. The smallest absolute Gasteiger partial charge is 0.245 e. The highest BCUT2D eigenvalue weighted by atomic mass is 32.2. The first-order chi connectivity index (χ1) is 8.65. The minimum absolute atomic E-state index is 0.0758. The molecule has 0 aliphatic carbocycles.